The van der Waals surface area contributed by atoms with E-state index in [9.17, 15) is 9.59 Å². The molecule has 4 nitrogen and oxygen atoms in total. The Kier molecular flexibility index (Phi) is 2.45. The van der Waals surface area contributed by atoms with E-state index < -0.39 is 5.60 Å². The number of nitrogens with zero attached hydrogens (tertiary/aromatic N) is 1. The van der Waals surface area contributed by atoms with E-state index in [2.05, 4.69) is 0 Å². The molecule has 0 spiro atoms. The molecule has 17 heavy (non-hydrogen) atoms. The quantitative estimate of drug-likeness (QED) is 0.697. The second-order valence-corrected chi connectivity index (χ2v) is 4.72. The SMILES string of the molecule is CC(=O)c1ccc2c(c1)N(C)C(=O)C(C)(C)O2. The highest BCUT2D eigenvalue weighted by molar-refractivity contribution is 6.03. The Bertz CT molecular complexity index is 505. The van der Waals surface area contributed by atoms with Gasteiger partial charge in [0.25, 0.3) is 5.91 Å². The van der Waals surface area contributed by atoms with Crippen LogP contribution in [0.15, 0.2) is 18.2 Å². The van der Waals surface area contributed by atoms with Crippen LogP contribution in [0.2, 0.25) is 0 Å². The second-order valence-electron chi connectivity index (χ2n) is 4.72. The number of hydrogen-bond donors (Lipinski definition) is 0. The maximum absolute atomic E-state index is 12.0. The van der Waals surface area contributed by atoms with Crippen LogP contribution in [0.3, 0.4) is 0 Å². The molecule has 90 valence electrons. The molecule has 0 aliphatic carbocycles. The molecule has 1 aromatic carbocycles. The number of benzene rings is 1. The molecule has 2 rings (SSSR count). The minimum atomic E-state index is -0.862. The van der Waals surface area contributed by atoms with Gasteiger partial charge in [0.05, 0.1) is 5.69 Å². The van der Waals surface area contributed by atoms with Crippen LogP contribution in [0.4, 0.5) is 5.69 Å². The average Bonchev–Trinajstić information content (AvgIpc) is 2.25. The lowest BCUT2D eigenvalue weighted by Gasteiger charge is -2.36. The summed E-state index contributed by atoms with van der Waals surface area (Å²) in [4.78, 5) is 24.8. The first-order valence-electron chi connectivity index (χ1n) is 5.45. The minimum absolute atomic E-state index is 0.0292. The highest BCUT2D eigenvalue weighted by atomic mass is 16.5. The van der Waals surface area contributed by atoms with Crippen molar-refractivity contribution < 1.29 is 14.3 Å². The molecule has 0 aromatic heterocycles. The molecular formula is C13H15NO3. The Morgan fingerprint density at radius 3 is 2.59 bits per heavy atom. The van der Waals surface area contributed by atoms with Crippen LogP contribution in [-0.4, -0.2) is 24.3 Å². The van der Waals surface area contributed by atoms with Crippen molar-refractivity contribution in [3.05, 3.63) is 23.8 Å². The Balaban J connectivity index is 2.54. The van der Waals surface area contributed by atoms with Crippen LogP contribution in [-0.2, 0) is 4.79 Å². The van der Waals surface area contributed by atoms with Crippen molar-refractivity contribution in [3.8, 4) is 5.75 Å². The van der Waals surface area contributed by atoms with Gasteiger partial charge in [0.1, 0.15) is 5.75 Å². The molecule has 1 amide bonds. The van der Waals surface area contributed by atoms with E-state index >= 15 is 0 Å². The fourth-order valence-corrected chi connectivity index (χ4v) is 1.92. The summed E-state index contributed by atoms with van der Waals surface area (Å²) in [5.74, 6) is 0.478. The van der Waals surface area contributed by atoms with Crippen LogP contribution in [0.25, 0.3) is 0 Å². The van der Waals surface area contributed by atoms with Crippen molar-refractivity contribution in [1.29, 1.82) is 0 Å². The van der Waals surface area contributed by atoms with E-state index in [0.717, 1.165) is 0 Å². The van der Waals surface area contributed by atoms with Gasteiger partial charge < -0.3 is 9.64 Å². The van der Waals surface area contributed by atoms with Gasteiger partial charge in [-0.05, 0) is 39.0 Å². The van der Waals surface area contributed by atoms with Crippen LogP contribution < -0.4 is 9.64 Å². The number of anilines is 1. The Morgan fingerprint density at radius 1 is 1.35 bits per heavy atom. The summed E-state index contributed by atoms with van der Waals surface area (Å²) in [6, 6.07) is 5.13. The van der Waals surface area contributed by atoms with Crippen molar-refractivity contribution in [2.75, 3.05) is 11.9 Å². The number of amides is 1. The molecule has 0 radical (unpaired) electrons. The van der Waals surface area contributed by atoms with Crippen molar-refractivity contribution in [3.63, 3.8) is 0 Å². The van der Waals surface area contributed by atoms with E-state index in [1.165, 1.54) is 11.8 Å². The summed E-state index contributed by atoms with van der Waals surface area (Å²) in [6.07, 6.45) is 0. The maximum Gasteiger partial charge on any atom is 0.270 e. The Hall–Kier alpha value is -1.84. The maximum atomic E-state index is 12.0. The highest BCUT2D eigenvalue weighted by Crippen LogP contribution is 2.37. The fourth-order valence-electron chi connectivity index (χ4n) is 1.92. The summed E-state index contributed by atoms with van der Waals surface area (Å²) in [6.45, 7) is 4.96. The number of likely N-dealkylation sites (N-methyl/N-ethyl adjacent to an activating group) is 1. The smallest absolute Gasteiger partial charge is 0.270 e. The third kappa shape index (κ3) is 1.79. The lowest BCUT2D eigenvalue weighted by Crippen LogP contribution is -2.50. The summed E-state index contributed by atoms with van der Waals surface area (Å²) in [5.41, 5.74) is 0.355. The van der Waals surface area contributed by atoms with E-state index in [1.807, 2.05) is 0 Å². The van der Waals surface area contributed by atoms with Crippen LogP contribution >= 0.6 is 0 Å². The first-order valence-corrected chi connectivity index (χ1v) is 5.45. The van der Waals surface area contributed by atoms with E-state index in [0.29, 0.717) is 17.0 Å². The number of carbonyl (C=O) groups is 2. The average molecular weight is 233 g/mol. The second kappa shape index (κ2) is 3.58. The number of ketones is 1. The number of Topliss-reactive ketones (excluding diaryl/α,β-unsaturated/α-hetero) is 1. The molecule has 0 fully saturated rings. The molecule has 0 atom stereocenters. The fraction of sp³-hybridized carbons (Fsp3) is 0.385. The highest BCUT2D eigenvalue weighted by Gasteiger charge is 2.39. The number of hydrogen-bond acceptors (Lipinski definition) is 3. The minimum Gasteiger partial charge on any atom is -0.476 e. The first kappa shape index (κ1) is 11.6. The summed E-state index contributed by atoms with van der Waals surface area (Å²) < 4.78 is 5.63. The zero-order chi connectivity index (χ0) is 12.8. The van der Waals surface area contributed by atoms with Gasteiger partial charge in [-0.2, -0.15) is 0 Å². The van der Waals surface area contributed by atoms with Crippen molar-refractivity contribution in [2.45, 2.75) is 26.4 Å². The number of rotatable bonds is 1. The monoisotopic (exact) mass is 233 g/mol. The molecule has 1 aliphatic heterocycles. The number of ether oxygens (including phenoxy) is 1. The molecule has 4 heteroatoms. The molecular weight excluding hydrogens is 218 g/mol. The van der Waals surface area contributed by atoms with Crippen molar-refractivity contribution >= 4 is 17.4 Å². The normalized spacial score (nSPS) is 17.4. The summed E-state index contributed by atoms with van der Waals surface area (Å²) in [7, 11) is 1.69. The lowest BCUT2D eigenvalue weighted by atomic mass is 10.0. The van der Waals surface area contributed by atoms with Crippen LogP contribution in [0, 0.1) is 0 Å². The molecule has 0 saturated carbocycles. The molecule has 0 bridgehead atoms. The lowest BCUT2D eigenvalue weighted by molar-refractivity contribution is -0.132. The third-order valence-corrected chi connectivity index (χ3v) is 2.91. The van der Waals surface area contributed by atoms with Gasteiger partial charge in [-0.25, -0.2) is 0 Å². The van der Waals surface area contributed by atoms with E-state index in [-0.39, 0.29) is 11.7 Å². The summed E-state index contributed by atoms with van der Waals surface area (Å²) >= 11 is 0. The Morgan fingerprint density at radius 2 is 2.00 bits per heavy atom. The zero-order valence-corrected chi connectivity index (χ0v) is 10.4. The first-order chi connectivity index (χ1) is 7.83. The predicted octanol–water partition coefficient (Wildman–Crippen LogP) is 2.02. The molecule has 1 heterocycles. The van der Waals surface area contributed by atoms with Gasteiger partial charge in [-0.15, -0.1) is 0 Å². The van der Waals surface area contributed by atoms with Crippen LogP contribution in [0.1, 0.15) is 31.1 Å². The molecule has 0 N–H and O–H groups in total. The topological polar surface area (TPSA) is 46.6 Å². The van der Waals surface area contributed by atoms with Gasteiger partial charge in [-0.3, -0.25) is 9.59 Å². The van der Waals surface area contributed by atoms with Gasteiger partial charge in [0.15, 0.2) is 11.4 Å². The van der Waals surface area contributed by atoms with Gasteiger partial charge in [0.2, 0.25) is 0 Å². The van der Waals surface area contributed by atoms with Gasteiger partial charge in [-0.1, -0.05) is 0 Å². The van der Waals surface area contributed by atoms with Crippen LogP contribution in [0.5, 0.6) is 5.75 Å². The summed E-state index contributed by atoms with van der Waals surface area (Å²) in [5, 5.41) is 0. The van der Waals surface area contributed by atoms with Crippen molar-refractivity contribution in [2.24, 2.45) is 0 Å². The standard InChI is InChI=1S/C13H15NO3/c1-8(15)9-5-6-11-10(7-9)14(4)12(16)13(2,3)17-11/h5-7H,1-4H3. The third-order valence-electron chi connectivity index (χ3n) is 2.91. The number of carbonyl (C=O) groups excluding carboxylic acids is 2. The molecule has 0 saturated heterocycles. The zero-order valence-electron chi connectivity index (χ0n) is 10.4. The van der Waals surface area contributed by atoms with Gasteiger partial charge >= 0.3 is 0 Å². The van der Waals surface area contributed by atoms with E-state index in [4.69, 9.17) is 4.74 Å². The number of fused-ring (bicyclic) bond motifs is 1. The van der Waals surface area contributed by atoms with Crippen molar-refractivity contribution in [1.82, 2.24) is 0 Å². The van der Waals surface area contributed by atoms with Gasteiger partial charge in [0, 0.05) is 12.6 Å². The largest absolute Gasteiger partial charge is 0.476 e. The molecule has 1 aromatic rings. The Labute approximate surface area is 100 Å². The predicted molar refractivity (Wildman–Crippen MR) is 64.6 cm³/mol. The molecule has 1 aliphatic rings. The molecule has 0 unspecified atom stereocenters. The van der Waals surface area contributed by atoms with E-state index in [1.54, 1.807) is 39.1 Å².